The van der Waals surface area contributed by atoms with Gasteiger partial charge in [0.15, 0.2) is 5.17 Å². The van der Waals surface area contributed by atoms with E-state index in [1.807, 2.05) is 0 Å². The van der Waals surface area contributed by atoms with Gasteiger partial charge < -0.3 is 5.32 Å². The minimum Gasteiger partial charge on any atom is -0.324 e. The molecule has 1 aromatic carbocycles. The highest BCUT2D eigenvalue weighted by Gasteiger charge is 2.40. The number of carbonyl (C=O) groups is 2. The summed E-state index contributed by atoms with van der Waals surface area (Å²) < 4.78 is 13.4. The average molecular weight is 293 g/mol. The highest BCUT2D eigenvalue weighted by molar-refractivity contribution is 8.15. The molecule has 0 spiro atoms. The lowest BCUT2D eigenvalue weighted by Gasteiger charge is -2.10. The highest BCUT2D eigenvalue weighted by atomic mass is 32.2. The van der Waals surface area contributed by atoms with Gasteiger partial charge in [-0.25, -0.2) is 4.39 Å². The zero-order chi connectivity index (χ0) is 14.1. The first-order chi connectivity index (χ1) is 9.65. The maximum Gasteiger partial charge on any atom is 0.242 e. The van der Waals surface area contributed by atoms with E-state index in [9.17, 15) is 14.0 Å². The van der Waals surface area contributed by atoms with E-state index in [2.05, 4.69) is 10.3 Å². The van der Waals surface area contributed by atoms with Gasteiger partial charge in [-0.05, 0) is 12.1 Å². The van der Waals surface area contributed by atoms with Crippen molar-refractivity contribution in [1.82, 2.24) is 4.90 Å². The van der Waals surface area contributed by atoms with E-state index in [0.717, 1.165) is 0 Å². The number of carbonyl (C=O) groups excluding carboxylic acids is 2. The molecular formula is C13H12FN3O2S. The average Bonchev–Trinajstić information content (AvgIpc) is 2.97. The van der Waals surface area contributed by atoms with Crippen molar-refractivity contribution >= 4 is 34.4 Å². The van der Waals surface area contributed by atoms with Crippen molar-refractivity contribution in [2.75, 3.05) is 18.4 Å². The SMILES string of the molecule is O=C(CC1SC2=NCCN2C1=O)Nc1ccccc1F. The number of benzene rings is 1. The minimum absolute atomic E-state index is 0.0212. The van der Waals surface area contributed by atoms with Crippen LogP contribution in [0.25, 0.3) is 0 Å². The number of amides is 2. The van der Waals surface area contributed by atoms with Gasteiger partial charge in [0, 0.05) is 13.0 Å². The first-order valence-corrected chi connectivity index (χ1v) is 7.10. The van der Waals surface area contributed by atoms with E-state index in [-0.39, 0.29) is 23.9 Å². The van der Waals surface area contributed by atoms with Gasteiger partial charge in [-0.1, -0.05) is 23.9 Å². The Morgan fingerprint density at radius 1 is 1.50 bits per heavy atom. The van der Waals surface area contributed by atoms with Crippen LogP contribution >= 0.6 is 11.8 Å². The molecule has 0 radical (unpaired) electrons. The Labute approximate surface area is 119 Å². The molecular weight excluding hydrogens is 281 g/mol. The second-order valence-electron chi connectivity index (χ2n) is 4.49. The summed E-state index contributed by atoms with van der Waals surface area (Å²) in [7, 11) is 0. The number of amidine groups is 1. The van der Waals surface area contributed by atoms with Crippen molar-refractivity contribution in [3.05, 3.63) is 30.1 Å². The highest BCUT2D eigenvalue weighted by Crippen LogP contribution is 2.31. The summed E-state index contributed by atoms with van der Waals surface area (Å²) in [5.74, 6) is -0.950. The smallest absolute Gasteiger partial charge is 0.242 e. The van der Waals surface area contributed by atoms with Gasteiger partial charge in [0.25, 0.3) is 0 Å². The molecule has 0 saturated carbocycles. The van der Waals surface area contributed by atoms with Gasteiger partial charge in [0.1, 0.15) is 11.1 Å². The molecule has 2 amide bonds. The van der Waals surface area contributed by atoms with Crippen LogP contribution in [0.15, 0.2) is 29.3 Å². The fourth-order valence-corrected chi connectivity index (χ4v) is 3.34. The molecule has 7 heteroatoms. The van der Waals surface area contributed by atoms with Crippen molar-refractivity contribution in [2.24, 2.45) is 4.99 Å². The van der Waals surface area contributed by atoms with Crippen LogP contribution in [0.5, 0.6) is 0 Å². The van der Waals surface area contributed by atoms with E-state index >= 15 is 0 Å². The lowest BCUT2D eigenvalue weighted by Crippen LogP contribution is -2.32. The van der Waals surface area contributed by atoms with E-state index in [4.69, 9.17) is 0 Å². The molecule has 1 saturated heterocycles. The van der Waals surface area contributed by atoms with Crippen LogP contribution in [0.1, 0.15) is 6.42 Å². The second-order valence-corrected chi connectivity index (χ2v) is 5.66. The summed E-state index contributed by atoms with van der Waals surface area (Å²) in [6.07, 6.45) is 0.0212. The predicted molar refractivity (Wildman–Crippen MR) is 75.0 cm³/mol. The summed E-state index contributed by atoms with van der Waals surface area (Å²) in [5, 5.41) is 2.72. The molecule has 2 heterocycles. The van der Waals surface area contributed by atoms with Gasteiger partial charge in [-0.2, -0.15) is 0 Å². The van der Waals surface area contributed by atoms with Crippen LogP contribution in [0.2, 0.25) is 0 Å². The van der Waals surface area contributed by atoms with Crippen LogP contribution in [0, 0.1) is 5.82 Å². The Balaban J connectivity index is 1.63. The number of aliphatic imine (C=N–C) groups is 1. The maximum absolute atomic E-state index is 13.4. The number of thioether (sulfide) groups is 1. The summed E-state index contributed by atoms with van der Waals surface area (Å²) in [6, 6.07) is 5.95. The van der Waals surface area contributed by atoms with Crippen molar-refractivity contribution in [3.63, 3.8) is 0 Å². The number of anilines is 1. The zero-order valence-electron chi connectivity index (χ0n) is 10.5. The van der Waals surface area contributed by atoms with Gasteiger partial charge in [-0.3, -0.25) is 19.5 Å². The van der Waals surface area contributed by atoms with Crippen LogP contribution < -0.4 is 5.32 Å². The quantitative estimate of drug-likeness (QED) is 0.918. The topological polar surface area (TPSA) is 61.8 Å². The second kappa shape index (κ2) is 5.24. The van der Waals surface area contributed by atoms with Crippen molar-refractivity contribution in [2.45, 2.75) is 11.7 Å². The minimum atomic E-state index is -0.490. The molecule has 5 nitrogen and oxygen atoms in total. The summed E-state index contributed by atoms with van der Waals surface area (Å²) in [6.45, 7) is 1.22. The number of fused-ring (bicyclic) bond motifs is 1. The van der Waals surface area contributed by atoms with Crippen LogP contribution in [-0.4, -0.2) is 40.2 Å². The summed E-state index contributed by atoms with van der Waals surface area (Å²) >= 11 is 1.30. The molecule has 20 heavy (non-hydrogen) atoms. The lowest BCUT2D eigenvalue weighted by molar-refractivity contribution is -0.127. The molecule has 1 unspecified atom stereocenters. The zero-order valence-corrected chi connectivity index (χ0v) is 11.3. The fraction of sp³-hybridized carbons (Fsp3) is 0.308. The molecule has 2 aliphatic rings. The molecule has 0 aliphatic carbocycles. The van der Waals surface area contributed by atoms with E-state index < -0.39 is 11.1 Å². The van der Waals surface area contributed by atoms with Gasteiger partial charge in [0.2, 0.25) is 11.8 Å². The fourth-order valence-electron chi connectivity index (χ4n) is 2.14. The number of nitrogens with one attached hydrogen (secondary N) is 1. The van der Waals surface area contributed by atoms with E-state index in [0.29, 0.717) is 18.3 Å². The third kappa shape index (κ3) is 2.40. The monoisotopic (exact) mass is 293 g/mol. The first kappa shape index (κ1) is 13.1. The van der Waals surface area contributed by atoms with Crippen LogP contribution in [-0.2, 0) is 9.59 Å². The van der Waals surface area contributed by atoms with E-state index in [1.54, 1.807) is 17.0 Å². The van der Waals surface area contributed by atoms with Crippen LogP contribution in [0.3, 0.4) is 0 Å². The standard InChI is InChI=1S/C13H12FN3O2S/c14-8-3-1-2-4-9(8)16-11(18)7-10-12(19)17-6-5-15-13(17)20-10/h1-4,10H,5-7H2,(H,16,18). The number of para-hydroxylation sites is 1. The maximum atomic E-state index is 13.4. The molecule has 0 aromatic heterocycles. The Morgan fingerprint density at radius 3 is 3.05 bits per heavy atom. The van der Waals surface area contributed by atoms with Crippen LogP contribution in [0.4, 0.5) is 10.1 Å². The molecule has 1 aromatic rings. The third-order valence-corrected chi connectivity index (χ3v) is 4.32. The van der Waals surface area contributed by atoms with Crippen molar-refractivity contribution in [1.29, 1.82) is 0 Å². The molecule has 0 bridgehead atoms. The Hall–Kier alpha value is -1.89. The predicted octanol–water partition coefficient (Wildman–Crippen LogP) is 1.47. The van der Waals surface area contributed by atoms with Crippen molar-refractivity contribution in [3.8, 4) is 0 Å². The summed E-state index contributed by atoms with van der Waals surface area (Å²) in [5.41, 5.74) is 0.130. The van der Waals surface area contributed by atoms with Gasteiger partial charge in [0.05, 0.1) is 12.2 Å². The number of hydrogen-bond acceptors (Lipinski definition) is 4. The third-order valence-electron chi connectivity index (χ3n) is 3.11. The molecule has 2 aliphatic heterocycles. The van der Waals surface area contributed by atoms with Gasteiger partial charge in [-0.15, -0.1) is 0 Å². The Bertz CT molecular complexity index is 605. The lowest BCUT2D eigenvalue weighted by atomic mass is 10.2. The van der Waals surface area contributed by atoms with Gasteiger partial charge >= 0.3 is 0 Å². The number of nitrogens with zero attached hydrogens (tertiary/aromatic N) is 2. The molecule has 1 atom stereocenters. The number of rotatable bonds is 3. The first-order valence-electron chi connectivity index (χ1n) is 6.22. The molecule has 1 N–H and O–H groups in total. The Morgan fingerprint density at radius 2 is 2.30 bits per heavy atom. The summed E-state index contributed by atoms with van der Waals surface area (Å²) in [4.78, 5) is 29.7. The normalized spacial score (nSPS) is 20.9. The Kier molecular flexibility index (Phi) is 3.43. The number of hydrogen-bond donors (Lipinski definition) is 1. The molecule has 3 rings (SSSR count). The van der Waals surface area contributed by atoms with E-state index in [1.165, 1.54) is 23.9 Å². The largest absolute Gasteiger partial charge is 0.324 e. The molecule has 104 valence electrons. The van der Waals surface area contributed by atoms with Crippen molar-refractivity contribution < 1.29 is 14.0 Å². The molecule has 1 fully saturated rings. The number of halogens is 1.